The van der Waals surface area contributed by atoms with Crippen LogP contribution in [0.2, 0.25) is 0 Å². The Kier molecular flexibility index (Phi) is 17.4. The van der Waals surface area contributed by atoms with E-state index in [2.05, 4.69) is 23.8 Å². The lowest BCUT2D eigenvalue weighted by atomic mass is 10.1. The first-order valence-corrected chi connectivity index (χ1v) is 9.94. The molecule has 0 unspecified atom stereocenters. The Labute approximate surface area is 149 Å². The third kappa shape index (κ3) is 17.2. The molecular formula is C21H38O3. The van der Waals surface area contributed by atoms with Crippen LogP contribution in [-0.4, -0.2) is 18.9 Å². The number of carbonyl (C=O) groups is 2. The maximum absolute atomic E-state index is 11.4. The van der Waals surface area contributed by atoms with E-state index in [-0.39, 0.29) is 12.2 Å². The quantitative estimate of drug-likeness (QED) is 0.138. The molecule has 0 fully saturated rings. The van der Waals surface area contributed by atoms with Gasteiger partial charge in [-0.1, -0.05) is 70.4 Å². The molecule has 0 rings (SSSR count). The number of ketones is 1. The summed E-state index contributed by atoms with van der Waals surface area (Å²) in [5.41, 5.74) is 0. The highest BCUT2D eigenvalue weighted by molar-refractivity contribution is 5.95. The van der Waals surface area contributed by atoms with E-state index in [0.717, 1.165) is 12.8 Å². The molecule has 24 heavy (non-hydrogen) atoms. The zero-order chi connectivity index (χ0) is 17.9. The summed E-state index contributed by atoms with van der Waals surface area (Å²) in [4.78, 5) is 22.4. The smallest absolute Gasteiger partial charge is 0.313 e. The molecule has 0 aromatic heterocycles. The molecule has 0 saturated heterocycles. The molecule has 0 aliphatic heterocycles. The van der Waals surface area contributed by atoms with Gasteiger partial charge in [0.2, 0.25) is 0 Å². The number of ether oxygens (including phenoxy) is 1. The van der Waals surface area contributed by atoms with E-state index in [1.54, 1.807) is 0 Å². The van der Waals surface area contributed by atoms with E-state index >= 15 is 0 Å². The van der Waals surface area contributed by atoms with Gasteiger partial charge in [-0.05, 0) is 32.1 Å². The van der Waals surface area contributed by atoms with Gasteiger partial charge >= 0.3 is 5.97 Å². The fourth-order valence-electron chi connectivity index (χ4n) is 2.71. The lowest BCUT2D eigenvalue weighted by molar-refractivity contribution is -0.143. The minimum Gasteiger partial charge on any atom is -0.469 e. The first kappa shape index (κ1) is 22.9. The molecule has 0 N–H and O–H groups in total. The van der Waals surface area contributed by atoms with Crippen molar-refractivity contribution in [3.63, 3.8) is 0 Å². The first-order chi connectivity index (χ1) is 11.7. The van der Waals surface area contributed by atoms with Crippen molar-refractivity contribution in [3.8, 4) is 0 Å². The molecule has 0 atom stereocenters. The van der Waals surface area contributed by atoms with Crippen LogP contribution in [0.3, 0.4) is 0 Å². The number of rotatable bonds is 17. The number of carbonyl (C=O) groups excluding carboxylic acids is 2. The van der Waals surface area contributed by atoms with Gasteiger partial charge in [0.05, 0.1) is 7.11 Å². The molecule has 0 aromatic rings. The number of methoxy groups -OCH3 is 1. The van der Waals surface area contributed by atoms with Crippen molar-refractivity contribution in [2.45, 2.75) is 103 Å². The Morgan fingerprint density at radius 3 is 1.79 bits per heavy atom. The summed E-state index contributed by atoms with van der Waals surface area (Å²) in [6.07, 6.45) is 21.3. The standard InChI is InChI=1S/C21H38O3/c1-3-4-5-6-7-8-9-10-11-12-13-14-15-16-17-18-20(22)19-21(23)24-2/h10-11H,3-9,12-19H2,1-2H3. The molecule has 0 spiro atoms. The molecule has 0 aliphatic carbocycles. The van der Waals surface area contributed by atoms with Gasteiger partial charge < -0.3 is 4.74 Å². The van der Waals surface area contributed by atoms with Crippen molar-refractivity contribution < 1.29 is 14.3 Å². The summed E-state index contributed by atoms with van der Waals surface area (Å²) in [5, 5.41) is 0. The van der Waals surface area contributed by atoms with Gasteiger partial charge in [-0.2, -0.15) is 0 Å². The van der Waals surface area contributed by atoms with Crippen LogP contribution in [0, 0.1) is 0 Å². The average Bonchev–Trinajstić information content (AvgIpc) is 2.58. The Hall–Kier alpha value is -1.12. The van der Waals surface area contributed by atoms with Crippen LogP contribution < -0.4 is 0 Å². The van der Waals surface area contributed by atoms with Gasteiger partial charge in [0.15, 0.2) is 0 Å². The maximum atomic E-state index is 11.4. The molecule has 0 radical (unpaired) electrons. The minimum atomic E-state index is -0.423. The summed E-state index contributed by atoms with van der Waals surface area (Å²) in [5.74, 6) is -0.424. The molecule has 0 saturated carbocycles. The number of esters is 1. The van der Waals surface area contributed by atoms with Crippen LogP contribution in [0.1, 0.15) is 103 Å². The van der Waals surface area contributed by atoms with Crippen molar-refractivity contribution in [2.24, 2.45) is 0 Å². The molecule has 0 bridgehead atoms. The van der Waals surface area contributed by atoms with E-state index in [4.69, 9.17) is 0 Å². The summed E-state index contributed by atoms with van der Waals surface area (Å²) in [7, 11) is 1.32. The number of unbranched alkanes of at least 4 members (excludes halogenated alkanes) is 11. The number of Topliss-reactive ketones (excluding diaryl/α,β-unsaturated/α-hetero) is 1. The molecular weight excluding hydrogens is 300 g/mol. The molecule has 0 aromatic carbocycles. The monoisotopic (exact) mass is 338 g/mol. The van der Waals surface area contributed by atoms with E-state index in [9.17, 15) is 9.59 Å². The van der Waals surface area contributed by atoms with Crippen LogP contribution >= 0.6 is 0 Å². The molecule has 0 aliphatic rings. The normalized spacial score (nSPS) is 11.1. The highest BCUT2D eigenvalue weighted by Crippen LogP contribution is 2.10. The fourth-order valence-corrected chi connectivity index (χ4v) is 2.71. The van der Waals surface area contributed by atoms with Gasteiger partial charge in [0, 0.05) is 6.42 Å². The summed E-state index contributed by atoms with van der Waals surface area (Å²) in [6.45, 7) is 2.26. The number of hydrogen-bond donors (Lipinski definition) is 0. The van der Waals surface area contributed by atoms with E-state index in [0.29, 0.717) is 6.42 Å². The largest absolute Gasteiger partial charge is 0.469 e. The van der Waals surface area contributed by atoms with Crippen LogP contribution in [0.5, 0.6) is 0 Å². The van der Waals surface area contributed by atoms with Crippen LogP contribution in [0.4, 0.5) is 0 Å². The van der Waals surface area contributed by atoms with Crippen molar-refractivity contribution in [1.82, 2.24) is 0 Å². The van der Waals surface area contributed by atoms with Gasteiger partial charge in [0.25, 0.3) is 0 Å². The van der Waals surface area contributed by atoms with Crippen molar-refractivity contribution in [2.75, 3.05) is 7.11 Å². The Balaban J connectivity index is 3.23. The topological polar surface area (TPSA) is 43.4 Å². The van der Waals surface area contributed by atoms with E-state index in [1.807, 2.05) is 0 Å². The molecule has 0 heterocycles. The van der Waals surface area contributed by atoms with Gasteiger partial charge in [-0.25, -0.2) is 0 Å². The van der Waals surface area contributed by atoms with Crippen molar-refractivity contribution in [3.05, 3.63) is 12.2 Å². The lowest BCUT2D eigenvalue weighted by Crippen LogP contribution is -2.08. The van der Waals surface area contributed by atoms with E-state index in [1.165, 1.54) is 77.7 Å². The summed E-state index contributed by atoms with van der Waals surface area (Å²) < 4.78 is 4.48. The molecule has 0 amide bonds. The zero-order valence-corrected chi connectivity index (χ0v) is 16.0. The predicted molar refractivity (Wildman–Crippen MR) is 101 cm³/mol. The number of hydrogen-bond acceptors (Lipinski definition) is 3. The van der Waals surface area contributed by atoms with Gasteiger partial charge in [-0.3, -0.25) is 9.59 Å². The average molecular weight is 339 g/mol. The third-order valence-electron chi connectivity index (χ3n) is 4.29. The zero-order valence-electron chi connectivity index (χ0n) is 16.0. The predicted octanol–water partition coefficient (Wildman–Crippen LogP) is 6.16. The number of allylic oxidation sites excluding steroid dienone is 2. The highest BCUT2D eigenvalue weighted by Gasteiger charge is 2.08. The Morgan fingerprint density at radius 1 is 0.750 bits per heavy atom. The maximum Gasteiger partial charge on any atom is 0.313 e. The van der Waals surface area contributed by atoms with Crippen LogP contribution in [0.25, 0.3) is 0 Å². The third-order valence-corrected chi connectivity index (χ3v) is 4.29. The van der Waals surface area contributed by atoms with Gasteiger partial charge in [-0.15, -0.1) is 0 Å². The SMILES string of the molecule is CCCCCCCCC=CCCCCCCCC(=O)CC(=O)OC. The molecule has 3 heteroatoms. The van der Waals surface area contributed by atoms with Crippen molar-refractivity contribution >= 4 is 11.8 Å². The van der Waals surface area contributed by atoms with Crippen molar-refractivity contribution in [1.29, 1.82) is 0 Å². The summed E-state index contributed by atoms with van der Waals surface area (Å²) >= 11 is 0. The first-order valence-electron chi connectivity index (χ1n) is 9.94. The fraction of sp³-hybridized carbons (Fsp3) is 0.810. The Bertz CT molecular complexity index is 334. The van der Waals surface area contributed by atoms with Crippen LogP contribution in [-0.2, 0) is 14.3 Å². The summed E-state index contributed by atoms with van der Waals surface area (Å²) in [6, 6.07) is 0. The second-order valence-corrected chi connectivity index (χ2v) is 6.63. The van der Waals surface area contributed by atoms with Crippen LogP contribution in [0.15, 0.2) is 12.2 Å². The highest BCUT2D eigenvalue weighted by atomic mass is 16.5. The Morgan fingerprint density at radius 2 is 1.25 bits per heavy atom. The van der Waals surface area contributed by atoms with E-state index < -0.39 is 5.97 Å². The molecule has 3 nitrogen and oxygen atoms in total. The van der Waals surface area contributed by atoms with Gasteiger partial charge in [0.1, 0.15) is 12.2 Å². The second kappa shape index (κ2) is 18.2. The lowest BCUT2D eigenvalue weighted by Gasteiger charge is -2.01. The minimum absolute atomic E-state index is 0.000484. The second-order valence-electron chi connectivity index (χ2n) is 6.63. The molecule has 140 valence electrons.